The Kier molecular flexibility index (Phi) is 5.75. The summed E-state index contributed by atoms with van der Waals surface area (Å²) < 4.78 is 0. The maximum Gasteiger partial charge on any atom is 0.251 e. The molecule has 0 spiro atoms. The van der Waals surface area contributed by atoms with Gasteiger partial charge >= 0.3 is 0 Å². The number of para-hydroxylation sites is 1. The van der Waals surface area contributed by atoms with Crippen LogP contribution in [-0.2, 0) is 6.42 Å². The van der Waals surface area contributed by atoms with Gasteiger partial charge in [-0.05, 0) is 54.8 Å². The Hall–Kier alpha value is -3.27. The highest BCUT2D eigenvalue weighted by Gasteiger charge is 2.27. The van der Waals surface area contributed by atoms with Gasteiger partial charge in [-0.2, -0.15) is 0 Å². The first kappa shape index (κ1) is 20.0. The average molecular weight is 400 g/mol. The Labute approximate surface area is 179 Å². The van der Waals surface area contributed by atoms with Crippen molar-refractivity contribution in [3.8, 4) is 0 Å². The van der Waals surface area contributed by atoms with Gasteiger partial charge in [-0.3, -0.25) is 4.79 Å². The van der Waals surface area contributed by atoms with E-state index in [1.54, 1.807) is 0 Å². The van der Waals surface area contributed by atoms with Gasteiger partial charge in [-0.1, -0.05) is 48.0 Å². The molecule has 0 aromatic heterocycles. The van der Waals surface area contributed by atoms with Crippen LogP contribution in [0.5, 0.6) is 0 Å². The van der Waals surface area contributed by atoms with Gasteiger partial charge < -0.3 is 15.1 Å². The lowest BCUT2D eigenvalue weighted by Crippen LogP contribution is -2.37. The molecule has 1 N–H and O–H groups in total. The van der Waals surface area contributed by atoms with Crippen LogP contribution in [0, 0.1) is 6.92 Å². The number of amides is 1. The van der Waals surface area contributed by atoms with Crippen LogP contribution in [0.1, 0.15) is 33.1 Å². The highest BCUT2D eigenvalue weighted by molar-refractivity contribution is 5.94. The zero-order valence-corrected chi connectivity index (χ0v) is 17.9. The second-order valence-electron chi connectivity index (χ2n) is 8.15. The summed E-state index contributed by atoms with van der Waals surface area (Å²) in [6.45, 7) is 3.54. The standard InChI is InChI=1S/C26H29N3O/c1-19-8-10-22(11-9-19)26(30)27-18-25(21-12-14-23(15-13-21)28(2)3)29-17-16-20-6-4-5-7-24(20)29/h4-15,25H,16-18H2,1-3H3,(H,27,30)/t25-/m0/s1. The summed E-state index contributed by atoms with van der Waals surface area (Å²) in [5.74, 6) is -0.0302. The average Bonchev–Trinajstić information content (AvgIpc) is 3.19. The third-order valence-corrected chi connectivity index (χ3v) is 5.86. The number of carbonyl (C=O) groups is 1. The molecule has 1 atom stereocenters. The minimum Gasteiger partial charge on any atom is -0.378 e. The Bertz CT molecular complexity index is 1010. The predicted octanol–water partition coefficient (Wildman–Crippen LogP) is 4.59. The van der Waals surface area contributed by atoms with E-state index < -0.39 is 0 Å². The molecule has 3 aromatic rings. The van der Waals surface area contributed by atoms with Crippen molar-refractivity contribution in [3.63, 3.8) is 0 Å². The summed E-state index contributed by atoms with van der Waals surface area (Å²) in [6, 6.07) is 25.0. The summed E-state index contributed by atoms with van der Waals surface area (Å²) >= 11 is 0. The van der Waals surface area contributed by atoms with Crippen molar-refractivity contribution >= 4 is 17.3 Å². The number of anilines is 2. The molecule has 1 aliphatic rings. The summed E-state index contributed by atoms with van der Waals surface area (Å²) in [5.41, 5.74) is 6.87. The van der Waals surface area contributed by atoms with E-state index in [9.17, 15) is 4.79 Å². The van der Waals surface area contributed by atoms with E-state index in [4.69, 9.17) is 0 Å². The monoisotopic (exact) mass is 399 g/mol. The molecule has 4 rings (SSSR count). The topological polar surface area (TPSA) is 35.6 Å². The minimum absolute atomic E-state index is 0.0302. The second kappa shape index (κ2) is 8.62. The maximum atomic E-state index is 12.8. The fourth-order valence-corrected chi connectivity index (χ4v) is 4.09. The van der Waals surface area contributed by atoms with E-state index in [1.165, 1.54) is 22.5 Å². The minimum atomic E-state index is -0.0302. The lowest BCUT2D eigenvalue weighted by atomic mass is 10.0. The van der Waals surface area contributed by atoms with Gasteiger partial charge in [-0.15, -0.1) is 0 Å². The van der Waals surface area contributed by atoms with Gasteiger partial charge in [0.15, 0.2) is 0 Å². The van der Waals surface area contributed by atoms with Crippen LogP contribution in [0.25, 0.3) is 0 Å². The number of hydrogen-bond acceptors (Lipinski definition) is 3. The third-order valence-electron chi connectivity index (χ3n) is 5.86. The van der Waals surface area contributed by atoms with Gasteiger partial charge in [-0.25, -0.2) is 0 Å². The van der Waals surface area contributed by atoms with Gasteiger partial charge in [0.2, 0.25) is 0 Å². The van der Waals surface area contributed by atoms with Crippen LogP contribution in [0.15, 0.2) is 72.8 Å². The molecular weight excluding hydrogens is 370 g/mol. The van der Waals surface area contributed by atoms with Crippen molar-refractivity contribution in [2.75, 3.05) is 37.0 Å². The molecule has 1 heterocycles. The number of rotatable bonds is 6. The molecule has 30 heavy (non-hydrogen) atoms. The highest BCUT2D eigenvalue weighted by Crippen LogP contribution is 2.35. The molecule has 0 radical (unpaired) electrons. The quantitative estimate of drug-likeness (QED) is 0.658. The van der Waals surface area contributed by atoms with Crippen LogP contribution < -0.4 is 15.1 Å². The van der Waals surface area contributed by atoms with Crippen LogP contribution >= 0.6 is 0 Å². The Morgan fingerprint density at radius 1 is 1.00 bits per heavy atom. The Balaban J connectivity index is 1.59. The molecule has 0 fully saturated rings. The van der Waals surface area contributed by atoms with Gasteiger partial charge in [0.25, 0.3) is 5.91 Å². The van der Waals surface area contributed by atoms with E-state index in [1.807, 2.05) is 45.3 Å². The van der Waals surface area contributed by atoms with Crippen molar-refractivity contribution in [1.82, 2.24) is 5.32 Å². The summed E-state index contributed by atoms with van der Waals surface area (Å²) in [7, 11) is 4.09. The van der Waals surface area contributed by atoms with Crippen LogP contribution in [0.3, 0.4) is 0 Å². The SMILES string of the molecule is Cc1ccc(C(=O)NC[C@@H](c2ccc(N(C)C)cc2)N2CCc3ccccc32)cc1. The van der Waals surface area contributed by atoms with Crippen LogP contribution in [-0.4, -0.2) is 33.1 Å². The molecule has 0 bridgehead atoms. The van der Waals surface area contributed by atoms with Gasteiger partial charge in [0.1, 0.15) is 0 Å². The van der Waals surface area contributed by atoms with E-state index in [-0.39, 0.29) is 11.9 Å². The van der Waals surface area contributed by atoms with Crippen molar-refractivity contribution < 1.29 is 4.79 Å². The van der Waals surface area contributed by atoms with Gasteiger partial charge in [0, 0.05) is 44.1 Å². The molecule has 0 aliphatic carbocycles. The molecule has 1 amide bonds. The van der Waals surface area contributed by atoms with Crippen molar-refractivity contribution in [1.29, 1.82) is 0 Å². The molecule has 4 nitrogen and oxygen atoms in total. The molecule has 0 saturated carbocycles. The van der Waals surface area contributed by atoms with Crippen molar-refractivity contribution in [2.24, 2.45) is 0 Å². The zero-order chi connectivity index (χ0) is 21.1. The molecule has 3 aromatic carbocycles. The number of fused-ring (bicyclic) bond motifs is 1. The Morgan fingerprint density at radius 2 is 1.70 bits per heavy atom. The molecule has 4 heteroatoms. The maximum absolute atomic E-state index is 12.8. The van der Waals surface area contributed by atoms with Crippen molar-refractivity contribution in [2.45, 2.75) is 19.4 Å². The number of benzene rings is 3. The summed E-state index contributed by atoms with van der Waals surface area (Å²) in [6.07, 6.45) is 1.04. The fraction of sp³-hybridized carbons (Fsp3) is 0.269. The molecule has 154 valence electrons. The normalized spacial score (nSPS) is 13.6. The number of nitrogens with zero attached hydrogens (tertiary/aromatic N) is 2. The first-order chi connectivity index (χ1) is 14.5. The van der Waals surface area contributed by atoms with Crippen molar-refractivity contribution in [3.05, 3.63) is 95.1 Å². The van der Waals surface area contributed by atoms with E-state index in [0.717, 1.165) is 18.5 Å². The first-order valence-electron chi connectivity index (χ1n) is 10.5. The number of nitrogens with one attached hydrogen (secondary N) is 1. The molecular formula is C26H29N3O. The van der Waals surface area contributed by atoms with Crippen LogP contribution in [0.4, 0.5) is 11.4 Å². The number of aryl methyl sites for hydroxylation is 1. The van der Waals surface area contributed by atoms with E-state index >= 15 is 0 Å². The van der Waals surface area contributed by atoms with E-state index in [0.29, 0.717) is 12.1 Å². The second-order valence-corrected chi connectivity index (χ2v) is 8.15. The third kappa shape index (κ3) is 4.18. The lowest BCUT2D eigenvalue weighted by molar-refractivity contribution is 0.0951. The van der Waals surface area contributed by atoms with Crippen LogP contribution in [0.2, 0.25) is 0 Å². The number of carbonyl (C=O) groups excluding carboxylic acids is 1. The predicted molar refractivity (Wildman–Crippen MR) is 125 cm³/mol. The smallest absolute Gasteiger partial charge is 0.251 e. The summed E-state index contributed by atoms with van der Waals surface area (Å²) in [4.78, 5) is 17.3. The molecule has 0 saturated heterocycles. The fourth-order valence-electron chi connectivity index (χ4n) is 4.09. The Morgan fingerprint density at radius 3 is 2.40 bits per heavy atom. The molecule has 1 aliphatic heterocycles. The highest BCUT2D eigenvalue weighted by atomic mass is 16.1. The largest absolute Gasteiger partial charge is 0.378 e. The summed E-state index contributed by atoms with van der Waals surface area (Å²) in [5, 5.41) is 3.17. The molecule has 0 unspecified atom stereocenters. The zero-order valence-electron chi connectivity index (χ0n) is 17.9. The van der Waals surface area contributed by atoms with E-state index in [2.05, 4.69) is 63.6 Å². The lowest BCUT2D eigenvalue weighted by Gasteiger charge is -2.31. The first-order valence-corrected chi connectivity index (χ1v) is 10.5. The number of hydrogen-bond donors (Lipinski definition) is 1. The van der Waals surface area contributed by atoms with Gasteiger partial charge in [0.05, 0.1) is 6.04 Å².